The fraction of sp³-hybridized carbons (Fsp3) is 0.542. The van der Waals surface area contributed by atoms with E-state index in [1.165, 1.54) is 0 Å². The number of aliphatic hydroxyl groups is 1. The fourth-order valence-electron chi connectivity index (χ4n) is 4.58. The number of hydrogen-bond acceptors (Lipinski definition) is 6. The van der Waals surface area contributed by atoms with E-state index in [0.717, 1.165) is 50.2 Å². The van der Waals surface area contributed by atoms with Crippen LogP contribution in [0.3, 0.4) is 0 Å². The summed E-state index contributed by atoms with van der Waals surface area (Å²) in [6.07, 6.45) is 10.9. The summed E-state index contributed by atoms with van der Waals surface area (Å²) in [4.78, 5) is 34.1. The van der Waals surface area contributed by atoms with Crippen LogP contribution < -0.4 is 11.1 Å². The van der Waals surface area contributed by atoms with Crippen LogP contribution in [-0.2, 0) is 4.79 Å². The van der Waals surface area contributed by atoms with E-state index < -0.39 is 0 Å². The Hall–Kier alpha value is -2.71. The second-order valence-corrected chi connectivity index (χ2v) is 9.13. The van der Waals surface area contributed by atoms with Crippen LogP contribution in [0.15, 0.2) is 30.5 Å². The quantitative estimate of drug-likeness (QED) is 0.654. The molecular weight excluding hydrogens is 406 g/mol. The molecule has 1 saturated carbocycles. The van der Waals surface area contributed by atoms with Crippen LogP contribution in [0.5, 0.6) is 0 Å². The summed E-state index contributed by atoms with van der Waals surface area (Å²) in [5.74, 6) is -0.00146. The topological polar surface area (TPSA) is 112 Å². The predicted octanol–water partition coefficient (Wildman–Crippen LogP) is 1.43. The highest BCUT2D eigenvalue weighted by Crippen LogP contribution is 2.27. The largest absolute Gasteiger partial charge is 0.393 e. The van der Waals surface area contributed by atoms with Crippen LogP contribution in [0.25, 0.3) is 5.57 Å². The highest BCUT2D eigenvalue weighted by molar-refractivity contribution is 5.99. The van der Waals surface area contributed by atoms with Gasteiger partial charge < -0.3 is 26.0 Å². The van der Waals surface area contributed by atoms with E-state index in [1.807, 2.05) is 23.1 Å². The lowest BCUT2D eigenvalue weighted by Gasteiger charge is -2.34. The Kier molecular flexibility index (Phi) is 6.91. The number of aromatic nitrogens is 1. The molecule has 0 spiro atoms. The summed E-state index contributed by atoms with van der Waals surface area (Å²) in [6.45, 7) is 3.37. The van der Waals surface area contributed by atoms with Gasteiger partial charge in [-0.05, 0) is 50.8 Å². The smallest absolute Gasteiger partial charge is 0.255 e. The minimum Gasteiger partial charge on any atom is -0.393 e. The van der Waals surface area contributed by atoms with Crippen molar-refractivity contribution in [3.8, 4) is 0 Å². The minimum atomic E-state index is -0.268. The van der Waals surface area contributed by atoms with Crippen LogP contribution in [0.1, 0.15) is 48.0 Å². The molecule has 0 radical (unpaired) electrons. The van der Waals surface area contributed by atoms with Gasteiger partial charge in [-0.3, -0.25) is 9.59 Å². The molecule has 32 heavy (non-hydrogen) atoms. The Bertz CT molecular complexity index is 912. The first kappa shape index (κ1) is 22.5. The second-order valence-electron chi connectivity index (χ2n) is 9.13. The molecule has 4 N–H and O–H groups in total. The van der Waals surface area contributed by atoms with E-state index >= 15 is 0 Å². The number of rotatable bonds is 4. The molecule has 172 valence electrons. The van der Waals surface area contributed by atoms with Crippen molar-refractivity contribution in [1.82, 2.24) is 20.1 Å². The van der Waals surface area contributed by atoms with Crippen molar-refractivity contribution in [2.45, 2.75) is 44.2 Å². The number of carbonyl (C=O) groups is 2. The molecule has 1 aromatic heterocycles. The second kappa shape index (κ2) is 9.83. The number of anilines is 1. The first-order valence-electron chi connectivity index (χ1n) is 11.5. The number of aliphatic hydroxyl groups excluding tert-OH is 1. The van der Waals surface area contributed by atoms with Gasteiger partial charge in [0.15, 0.2) is 0 Å². The van der Waals surface area contributed by atoms with Gasteiger partial charge in [0, 0.05) is 44.0 Å². The van der Waals surface area contributed by atoms with Crippen LogP contribution in [0.4, 0.5) is 5.82 Å². The van der Waals surface area contributed by atoms with E-state index in [-0.39, 0.29) is 35.7 Å². The molecule has 2 amide bonds. The van der Waals surface area contributed by atoms with Gasteiger partial charge in [-0.15, -0.1) is 0 Å². The average molecular weight is 440 g/mol. The van der Waals surface area contributed by atoms with E-state index in [9.17, 15) is 14.7 Å². The molecule has 1 unspecified atom stereocenters. The molecule has 4 rings (SSSR count). The monoisotopic (exact) mass is 439 g/mol. The van der Waals surface area contributed by atoms with Crippen LogP contribution in [0, 0.1) is 5.92 Å². The van der Waals surface area contributed by atoms with Crippen molar-refractivity contribution in [2.75, 3.05) is 39.0 Å². The molecule has 0 aromatic carbocycles. The summed E-state index contributed by atoms with van der Waals surface area (Å²) in [6, 6.07) is 1.82. The SMILES string of the molecule is CN1CCN(C(=O)C2C=CC(c3cnc(N)c(C(=O)NC4CCC(O)CC4)c3)=CC2)CC1. The number of allylic oxidation sites excluding steroid dienone is 3. The molecule has 1 atom stereocenters. The molecule has 1 saturated heterocycles. The van der Waals surface area contributed by atoms with Crippen molar-refractivity contribution < 1.29 is 14.7 Å². The van der Waals surface area contributed by atoms with Gasteiger partial charge in [-0.1, -0.05) is 18.2 Å². The van der Waals surface area contributed by atoms with Gasteiger partial charge in [0.05, 0.1) is 17.6 Å². The van der Waals surface area contributed by atoms with Gasteiger partial charge in [-0.25, -0.2) is 4.98 Å². The maximum absolute atomic E-state index is 12.8. The van der Waals surface area contributed by atoms with E-state index in [1.54, 1.807) is 12.3 Å². The number of carbonyl (C=O) groups excluding carboxylic acids is 2. The number of nitrogens with zero attached hydrogens (tertiary/aromatic N) is 3. The zero-order valence-corrected chi connectivity index (χ0v) is 18.7. The number of pyridine rings is 1. The first-order valence-corrected chi connectivity index (χ1v) is 11.5. The van der Waals surface area contributed by atoms with Gasteiger partial charge in [0.1, 0.15) is 5.82 Å². The Morgan fingerprint density at radius 2 is 1.88 bits per heavy atom. The highest BCUT2D eigenvalue weighted by Gasteiger charge is 2.26. The molecule has 2 fully saturated rings. The first-order chi connectivity index (χ1) is 15.4. The average Bonchev–Trinajstić information content (AvgIpc) is 2.81. The Morgan fingerprint density at radius 3 is 2.53 bits per heavy atom. The van der Waals surface area contributed by atoms with Gasteiger partial charge >= 0.3 is 0 Å². The van der Waals surface area contributed by atoms with E-state index in [0.29, 0.717) is 24.8 Å². The Morgan fingerprint density at radius 1 is 1.16 bits per heavy atom. The minimum absolute atomic E-state index is 0.0455. The van der Waals surface area contributed by atoms with Crippen molar-refractivity contribution in [1.29, 1.82) is 0 Å². The summed E-state index contributed by atoms with van der Waals surface area (Å²) in [5.41, 5.74) is 8.11. The molecule has 3 aliphatic rings. The van der Waals surface area contributed by atoms with Gasteiger partial charge in [-0.2, -0.15) is 0 Å². The van der Waals surface area contributed by atoms with Crippen molar-refractivity contribution in [3.63, 3.8) is 0 Å². The molecule has 2 heterocycles. The van der Waals surface area contributed by atoms with Crippen molar-refractivity contribution in [2.24, 2.45) is 5.92 Å². The van der Waals surface area contributed by atoms with E-state index in [2.05, 4.69) is 22.2 Å². The molecule has 8 heteroatoms. The number of likely N-dealkylation sites (N-methyl/N-ethyl adjacent to an activating group) is 1. The normalized spacial score (nSPS) is 26.5. The standard InChI is InChI=1S/C24H33N5O3/c1-28-10-12-29(13-11-28)24(32)17-4-2-16(3-5-17)18-14-21(22(25)26-15-18)23(31)27-19-6-8-20(30)9-7-19/h2-4,14-15,17,19-20,30H,5-13H2,1H3,(H2,25,26)(H,27,31). The number of nitrogens with two attached hydrogens (primary N) is 1. The molecule has 8 nitrogen and oxygen atoms in total. The summed E-state index contributed by atoms with van der Waals surface area (Å²) < 4.78 is 0. The maximum atomic E-state index is 12.8. The summed E-state index contributed by atoms with van der Waals surface area (Å²) in [7, 11) is 2.08. The Labute approximate surface area is 189 Å². The zero-order valence-electron chi connectivity index (χ0n) is 18.7. The number of nitrogens with one attached hydrogen (secondary N) is 1. The van der Waals surface area contributed by atoms with Crippen molar-refractivity contribution >= 4 is 23.2 Å². The fourth-order valence-corrected chi connectivity index (χ4v) is 4.58. The zero-order chi connectivity index (χ0) is 22.7. The molecule has 0 bridgehead atoms. The van der Waals surface area contributed by atoms with Crippen LogP contribution in [0.2, 0.25) is 0 Å². The maximum Gasteiger partial charge on any atom is 0.255 e. The lowest BCUT2D eigenvalue weighted by atomic mass is 9.91. The van der Waals surface area contributed by atoms with Gasteiger partial charge in [0.25, 0.3) is 5.91 Å². The third-order valence-electron chi connectivity index (χ3n) is 6.76. The third-order valence-corrected chi connectivity index (χ3v) is 6.76. The van der Waals surface area contributed by atoms with Gasteiger partial charge in [0.2, 0.25) is 5.91 Å². The lowest BCUT2D eigenvalue weighted by molar-refractivity contribution is -0.135. The predicted molar refractivity (Wildman–Crippen MR) is 124 cm³/mol. The van der Waals surface area contributed by atoms with Crippen LogP contribution in [-0.4, -0.2) is 77.1 Å². The molecule has 1 aliphatic heterocycles. The molecule has 2 aliphatic carbocycles. The lowest BCUT2D eigenvalue weighted by Crippen LogP contribution is -2.48. The number of nitrogen functional groups attached to an aromatic ring is 1. The molecule has 1 aromatic rings. The van der Waals surface area contributed by atoms with Crippen molar-refractivity contribution in [3.05, 3.63) is 41.6 Å². The summed E-state index contributed by atoms with van der Waals surface area (Å²) >= 11 is 0. The Balaban J connectivity index is 1.39. The highest BCUT2D eigenvalue weighted by atomic mass is 16.3. The van der Waals surface area contributed by atoms with Crippen LogP contribution >= 0.6 is 0 Å². The number of hydrogen-bond donors (Lipinski definition) is 3. The summed E-state index contributed by atoms with van der Waals surface area (Å²) in [5, 5.41) is 12.7. The molecular formula is C24H33N5O3. The third kappa shape index (κ3) is 5.19. The number of amides is 2. The van der Waals surface area contributed by atoms with E-state index in [4.69, 9.17) is 5.73 Å². The number of piperazine rings is 1.